The Morgan fingerprint density at radius 1 is 1.25 bits per heavy atom. The van der Waals surface area contributed by atoms with Crippen LogP contribution in [0.15, 0.2) is 0 Å². The van der Waals surface area contributed by atoms with Crippen molar-refractivity contribution in [2.24, 2.45) is 11.8 Å². The summed E-state index contributed by atoms with van der Waals surface area (Å²) in [6.07, 6.45) is 8.76. The van der Waals surface area contributed by atoms with Crippen molar-refractivity contribution in [2.45, 2.75) is 51.5 Å². The van der Waals surface area contributed by atoms with E-state index in [-0.39, 0.29) is 0 Å². The molecule has 0 aromatic carbocycles. The van der Waals surface area contributed by atoms with Gasteiger partial charge < -0.3 is 5.32 Å². The zero-order valence-electron chi connectivity index (χ0n) is 8.18. The summed E-state index contributed by atoms with van der Waals surface area (Å²) in [7, 11) is 0. The monoisotopic (exact) mass is 167 g/mol. The summed E-state index contributed by atoms with van der Waals surface area (Å²) < 4.78 is 0. The highest BCUT2D eigenvalue weighted by atomic mass is 14.9. The number of hydrogen-bond acceptors (Lipinski definition) is 1. The third-order valence-corrected chi connectivity index (χ3v) is 3.84. The number of rotatable bonds is 1. The van der Waals surface area contributed by atoms with Gasteiger partial charge in [0.05, 0.1) is 0 Å². The van der Waals surface area contributed by atoms with Gasteiger partial charge in [0.1, 0.15) is 0 Å². The van der Waals surface area contributed by atoms with Crippen LogP contribution < -0.4 is 5.32 Å². The Morgan fingerprint density at radius 3 is 3.00 bits per heavy atom. The average molecular weight is 167 g/mol. The zero-order chi connectivity index (χ0) is 8.39. The van der Waals surface area contributed by atoms with Crippen LogP contribution >= 0.6 is 0 Å². The summed E-state index contributed by atoms with van der Waals surface area (Å²) in [5.41, 5.74) is 0. The van der Waals surface area contributed by atoms with Crippen LogP contribution in [0.4, 0.5) is 0 Å². The highest BCUT2D eigenvalue weighted by Crippen LogP contribution is 2.34. The zero-order valence-corrected chi connectivity index (χ0v) is 8.18. The highest BCUT2D eigenvalue weighted by Gasteiger charge is 2.30. The van der Waals surface area contributed by atoms with E-state index in [0.717, 1.165) is 17.9 Å². The van der Waals surface area contributed by atoms with Crippen LogP contribution in [0.2, 0.25) is 0 Å². The molecular formula is C11H21N. The van der Waals surface area contributed by atoms with E-state index < -0.39 is 0 Å². The Balaban J connectivity index is 1.90. The summed E-state index contributed by atoms with van der Waals surface area (Å²) >= 11 is 0. The van der Waals surface area contributed by atoms with Crippen molar-refractivity contribution < 1.29 is 0 Å². The van der Waals surface area contributed by atoms with E-state index in [0.29, 0.717) is 0 Å². The second-order valence-corrected chi connectivity index (χ2v) is 4.55. The lowest BCUT2D eigenvalue weighted by Gasteiger charge is -2.39. The molecule has 12 heavy (non-hydrogen) atoms. The number of fused-ring (bicyclic) bond motifs is 1. The van der Waals surface area contributed by atoms with Crippen LogP contribution in [-0.2, 0) is 0 Å². The Kier molecular flexibility index (Phi) is 2.69. The molecule has 2 rings (SSSR count). The molecule has 1 N–H and O–H groups in total. The molecular weight excluding hydrogens is 146 g/mol. The van der Waals surface area contributed by atoms with Gasteiger partial charge in [0.2, 0.25) is 0 Å². The van der Waals surface area contributed by atoms with Crippen LogP contribution in [0, 0.1) is 11.8 Å². The molecule has 0 bridgehead atoms. The minimum absolute atomic E-state index is 0.887. The summed E-state index contributed by atoms with van der Waals surface area (Å²) in [6, 6.07) is 0.887. The second kappa shape index (κ2) is 3.78. The lowest BCUT2D eigenvalue weighted by molar-refractivity contribution is 0.165. The standard InChI is InChI=1S/C11H21N/c1-2-9-5-6-10-4-3-7-12-11(10)8-9/h9-12H,2-8H2,1H3. The molecule has 0 aromatic rings. The van der Waals surface area contributed by atoms with Crippen molar-refractivity contribution in [1.29, 1.82) is 0 Å². The van der Waals surface area contributed by atoms with Crippen molar-refractivity contribution in [1.82, 2.24) is 5.32 Å². The maximum atomic E-state index is 3.69. The summed E-state index contributed by atoms with van der Waals surface area (Å²) in [6.45, 7) is 3.62. The van der Waals surface area contributed by atoms with Gasteiger partial charge in [-0.2, -0.15) is 0 Å². The summed E-state index contributed by atoms with van der Waals surface area (Å²) in [5, 5.41) is 3.69. The molecule has 1 heteroatoms. The predicted molar refractivity (Wildman–Crippen MR) is 52.1 cm³/mol. The topological polar surface area (TPSA) is 12.0 Å². The predicted octanol–water partition coefficient (Wildman–Crippen LogP) is 2.56. The fraction of sp³-hybridized carbons (Fsp3) is 1.00. The Labute approximate surface area is 75.9 Å². The van der Waals surface area contributed by atoms with E-state index in [1.54, 1.807) is 0 Å². The number of hydrogen-bond donors (Lipinski definition) is 1. The van der Waals surface area contributed by atoms with Gasteiger partial charge in [0.25, 0.3) is 0 Å². The SMILES string of the molecule is CCC1CCC2CCCNC2C1. The fourth-order valence-electron chi connectivity index (χ4n) is 2.94. The smallest absolute Gasteiger partial charge is 0.00979 e. The van der Waals surface area contributed by atoms with Gasteiger partial charge in [-0.25, -0.2) is 0 Å². The lowest BCUT2D eigenvalue weighted by atomic mass is 9.74. The van der Waals surface area contributed by atoms with E-state index in [2.05, 4.69) is 12.2 Å². The molecule has 1 aliphatic heterocycles. The minimum Gasteiger partial charge on any atom is -0.314 e. The molecule has 2 aliphatic rings. The molecule has 1 saturated carbocycles. The van der Waals surface area contributed by atoms with Gasteiger partial charge in [-0.05, 0) is 44.1 Å². The molecule has 3 unspecified atom stereocenters. The quantitative estimate of drug-likeness (QED) is 0.633. The molecule has 0 aromatic heterocycles. The van der Waals surface area contributed by atoms with E-state index in [9.17, 15) is 0 Å². The van der Waals surface area contributed by atoms with Gasteiger partial charge >= 0.3 is 0 Å². The Bertz CT molecular complexity index is 144. The van der Waals surface area contributed by atoms with Crippen LogP contribution in [0.1, 0.15) is 45.4 Å². The summed E-state index contributed by atoms with van der Waals surface area (Å²) in [5.74, 6) is 2.05. The first-order valence-electron chi connectivity index (χ1n) is 5.63. The van der Waals surface area contributed by atoms with E-state index in [1.807, 2.05) is 0 Å². The maximum Gasteiger partial charge on any atom is 0.00979 e. The third-order valence-electron chi connectivity index (χ3n) is 3.84. The first-order valence-corrected chi connectivity index (χ1v) is 5.63. The summed E-state index contributed by atoms with van der Waals surface area (Å²) in [4.78, 5) is 0. The van der Waals surface area contributed by atoms with E-state index in [1.165, 1.54) is 45.1 Å². The van der Waals surface area contributed by atoms with Crippen molar-refractivity contribution in [3.63, 3.8) is 0 Å². The molecule has 70 valence electrons. The number of nitrogens with one attached hydrogen (secondary N) is 1. The van der Waals surface area contributed by atoms with Gasteiger partial charge in [-0.15, -0.1) is 0 Å². The molecule has 1 heterocycles. The molecule has 3 atom stereocenters. The van der Waals surface area contributed by atoms with Gasteiger partial charge in [0.15, 0.2) is 0 Å². The van der Waals surface area contributed by atoms with Gasteiger partial charge in [-0.1, -0.05) is 19.8 Å². The minimum atomic E-state index is 0.887. The normalized spacial score (nSPS) is 42.2. The van der Waals surface area contributed by atoms with Gasteiger partial charge in [-0.3, -0.25) is 0 Å². The van der Waals surface area contributed by atoms with Crippen LogP contribution in [0.5, 0.6) is 0 Å². The van der Waals surface area contributed by atoms with Crippen LogP contribution in [0.3, 0.4) is 0 Å². The van der Waals surface area contributed by atoms with E-state index in [4.69, 9.17) is 0 Å². The van der Waals surface area contributed by atoms with E-state index >= 15 is 0 Å². The van der Waals surface area contributed by atoms with Crippen molar-refractivity contribution in [3.8, 4) is 0 Å². The third kappa shape index (κ3) is 1.66. The second-order valence-electron chi connectivity index (χ2n) is 4.55. The molecule has 1 aliphatic carbocycles. The van der Waals surface area contributed by atoms with Gasteiger partial charge in [0, 0.05) is 6.04 Å². The lowest BCUT2D eigenvalue weighted by Crippen LogP contribution is -2.44. The molecule has 0 radical (unpaired) electrons. The average Bonchev–Trinajstić information content (AvgIpc) is 2.17. The Hall–Kier alpha value is -0.0400. The molecule has 0 spiro atoms. The first-order chi connectivity index (χ1) is 5.90. The van der Waals surface area contributed by atoms with Crippen molar-refractivity contribution >= 4 is 0 Å². The molecule has 1 saturated heterocycles. The van der Waals surface area contributed by atoms with Crippen LogP contribution in [0.25, 0.3) is 0 Å². The van der Waals surface area contributed by atoms with Crippen molar-refractivity contribution in [2.75, 3.05) is 6.54 Å². The first kappa shape index (κ1) is 8.55. The maximum absolute atomic E-state index is 3.69. The molecule has 0 amide bonds. The molecule has 1 nitrogen and oxygen atoms in total. The van der Waals surface area contributed by atoms with Crippen LogP contribution in [-0.4, -0.2) is 12.6 Å². The Morgan fingerprint density at radius 2 is 2.17 bits per heavy atom. The highest BCUT2D eigenvalue weighted by molar-refractivity contribution is 4.87. The van der Waals surface area contributed by atoms with Crippen molar-refractivity contribution in [3.05, 3.63) is 0 Å². The largest absolute Gasteiger partial charge is 0.314 e. The molecule has 2 fully saturated rings. The fourth-order valence-corrected chi connectivity index (χ4v) is 2.94. The number of piperidine rings is 1.